The molecule has 1 saturated heterocycles. The molecule has 2 aliphatic rings. The van der Waals surface area contributed by atoms with E-state index in [9.17, 15) is 14.7 Å². The van der Waals surface area contributed by atoms with Crippen molar-refractivity contribution >= 4 is 17.4 Å². The summed E-state index contributed by atoms with van der Waals surface area (Å²) in [5, 5.41) is 11.6. The predicted molar refractivity (Wildman–Crippen MR) is 133 cm³/mol. The first-order chi connectivity index (χ1) is 17.3. The van der Waals surface area contributed by atoms with E-state index in [-0.39, 0.29) is 23.5 Å². The molecule has 3 atom stereocenters. The van der Waals surface area contributed by atoms with Crippen molar-refractivity contribution in [1.82, 2.24) is 4.90 Å². The zero-order valence-corrected chi connectivity index (χ0v) is 20.8. The number of likely N-dealkylation sites (tertiary alicyclic amines) is 1. The molecule has 0 spiro atoms. The number of aliphatic hydroxyl groups is 1. The van der Waals surface area contributed by atoms with Gasteiger partial charge in [-0.05, 0) is 86.4 Å². The number of hydrogen-bond donors (Lipinski definition) is 1. The minimum atomic E-state index is -0.778. The van der Waals surface area contributed by atoms with E-state index in [1.807, 2.05) is 25.7 Å². The number of carbonyl (C=O) groups is 2. The van der Waals surface area contributed by atoms with Gasteiger partial charge in [-0.3, -0.25) is 4.79 Å². The molecule has 7 nitrogen and oxygen atoms in total. The number of nitrogens with zero attached hydrogens (tertiary/aromatic N) is 1. The summed E-state index contributed by atoms with van der Waals surface area (Å²) >= 11 is 0. The smallest absolute Gasteiger partial charge is 0.379 e. The van der Waals surface area contributed by atoms with Crippen molar-refractivity contribution in [3.8, 4) is 0 Å². The average molecular weight is 490 g/mol. The van der Waals surface area contributed by atoms with E-state index in [0.717, 1.165) is 35.1 Å². The van der Waals surface area contributed by atoms with Crippen molar-refractivity contribution in [1.29, 1.82) is 0 Å². The van der Waals surface area contributed by atoms with E-state index >= 15 is 0 Å². The maximum atomic E-state index is 12.8. The normalized spacial score (nSPS) is 21.9. The molecule has 3 unspecified atom stereocenters. The Kier molecular flexibility index (Phi) is 6.58. The standard InChI is InChI=1S/C29H31NO6/c1-17-12-18(2)25(19(3)13-17)26-24(36-29(33)23-7-5-11-35-23)15-21(27(26)31)14-20-8-9-30(16-20)28(32)22-6-4-10-34-22/h4-7,10-13,20-21,27,31H,8-9,14-16H2,1-3H3. The maximum Gasteiger partial charge on any atom is 0.379 e. The third-order valence-electron chi connectivity index (χ3n) is 7.32. The van der Waals surface area contributed by atoms with Crippen molar-refractivity contribution in [2.45, 2.75) is 46.1 Å². The molecule has 0 saturated carbocycles. The zero-order valence-electron chi connectivity index (χ0n) is 20.8. The first-order valence-electron chi connectivity index (χ1n) is 12.4. The van der Waals surface area contributed by atoms with Crippen LogP contribution in [0.3, 0.4) is 0 Å². The summed E-state index contributed by atoms with van der Waals surface area (Å²) in [5.41, 5.74) is 4.81. The van der Waals surface area contributed by atoms with Crippen molar-refractivity contribution in [3.05, 3.63) is 88.5 Å². The third-order valence-corrected chi connectivity index (χ3v) is 7.32. The van der Waals surface area contributed by atoms with Crippen LogP contribution in [-0.4, -0.2) is 41.1 Å². The molecule has 7 heteroatoms. The van der Waals surface area contributed by atoms with Gasteiger partial charge in [-0.25, -0.2) is 4.79 Å². The van der Waals surface area contributed by atoms with Gasteiger partial charge in [0.25, 0.3) is 5.91 Å². The number of carbonyl (C=O) groups excluding carboxylic acids is 2. The van der Waals surface area contributed by atoms with Crippen molar-refractivity contribution in [3.63, 3.8) is 0 Å². The van der Waals surface area contributed by atoms with E-state index in [2.05, 4.69) is 12.1 Å². The van der Waals surface area contributed by atoms with Crippen LogP contribution >= 0.6 is 0 Å². The number of rotatable bonds is 6. The summed E-state index contributed by atoms with van der Waals surface area (Å²) in [6.45, 7) is 7.35. The SMILES string of the molecule is Cc1cc(C)c(C2=C(OC(=O)c3ccco3)CC(CC3CCN(C(=O)c4ccco4)C3)C2O)c(C)c1. The van der Waals surface area contributed by atoms with Gasteiger partial charge in [0, 0.05) is 25.1 Å². The Morgan fingerprint density at radius 1 is 1.06 bits per heavy atom. The van der Waals surface area contributed by atoms with E-state index in [1.165, 1.54) is 12.5 Å². The molecule has 1 amide bonds. The fraction of sp³-hybridized carbons (Fsp3) is 0.379. The molecule has 1 N–H and O–H groups in total. The zero-order chi connectivity index (χ0) is 25.4. The molecular weight excluding hydrogens is 458 g/mol. The maximum absolute atomic E-state index is 12.8. The molecule has 36 heavy (non-hydrogen) atoms. The lowest BCUT2D eigenvalue weighted by Gasteiger charge is -2.22. The predicted octanol–water partition coefficient (Wildman–Crippen LogP) is 5.30. The summed E-state index contributed by atoms with van der Waals surface area (Å²) in [7, 11) is 0. The summed E-state index contributed by atoms with van der Waals surface area (Å²) < 4.78 is 16.4. The molecule has 1 fully saturated rings. The highest BCUT2D eigenvalue weighted by molar-refractivity contribution is 5.91. The first-order valence-corrected chi connectivity index (χ1v) is 12.4. The summed E-state index contributed by atoms with van der Waals surface area (Å²) in [4.78, 5) is 27.3. The van der Waals surface area contributed by atoms with Gasteiger partial charge in [0.2, 0.25) is 5.76 Å². The van der Waals surface area contributed by atoms with Crippen molar-refractivity contribution in [2.75, 3.05) is 13.1 Å². The highest BCUT2D eigenvalue weighted by atomic mass is 16.5. The van der Waals surface area contributed by atoms with Crippen LogP contribution < -0.4 is 0 Å². The van der Waals surface area contributed by atoms with Crippen molar-refractivity contribution in [2.24, 2.45) is 11.8 Å². The molecule has 1 aromatic carbocycles. The molecular formula is C29H31NO6. The number of aliphatic hydroxyl groups excluding tert-OH is 1. The Labute approximate surface area is 210 Å². The minimum Gasteiger partial charge on any atom is -0.459 e. The molecule has 2 aromatic heterocycles. The molecule has 3 aromatic rings. The lowest BCUT2D eigenvalue weighted by atomic mass is 9.86. The Balaban J connectivity index is 1.37. The third kappa shape index (κ3) is 4.63. The fourth-order valence-electron chi connectivity index (χ4n) is 5.81. The van der Waals surface area contributed by atoms with Crippen LogP contribution in [0.4, 0.5) is 0 Å². The minimum absolute atomic E-state index is 0.104. The number of furan rings is 2. The Hall–Kier alpha value is -3.58. The first kappa shape index (κ1) is 24.1. The van der Waals surface area contributed by atoms with Gasteiger partial charge in [0.15, 0.2) is 5.76 Å². The molecule has 0 bridgehead atoms. The lowest BCUT2D eigenvalue weighted by molar-refractivity contribution is 0.0574. The van der Waals surface area contributed by atoms with Crippen LogP contribution in [0, 0.1) is 32.6 Å². The second kappa shape index (κ2) is 9.82. The summed E-state index contributed by atoms with van der Waals surface area (Å²) in [6.07, 6.45) is 4.18. The number of hydrogen-bond acceptors (Lipinski definition) is 6. The molecule has 1 aliphatic heterocycles. The number of amides is 1. The van der Waals surface area contributed by atoms with Crippen molar-refractivity contribution < 1.29 is 28.3 Å². The van der Waals surface area contributed by atoms with Crippen LogP contribution in [0.1, 0.15) is 62.6 Å². The molecule has 5 rings (SSSR count). The van der Waals surface area contributed by atoms with E-state index in [4.69, 9.17) is 13.6 Å². The highest BCUT2D eigenvalue weighted by Gasteiger charge is 2.40. The Morgan fingerprint density at radius 2 is 1.72 bits per heavy atom. The summed E-state index contributed by atoms with van der Waals surface area (Å²) in [6, 6.07) is 10.8. The van der Waals surface area contributed by atoms with Crippen LogP contribution in [0.25, 0.3) is 5.57 Å². The van der Waals surface area contributed by atoms with Crippen LogP contribution in [0.2, 0.25) is 0 Å². The number of ether oxygens (including phenoxy) is 1. The number of esters is 1. The second-order valence-electron chi connectivity index (χ2n) is 10.0. The van der Waals surface area contributed by atoms with E-state index in [1.54, 1.807) is 24.3 Å². The van der Waals surface area contributed by atoms with Gasteiger partial charge in [-0.1, -0.05) is 17.7 Å². The van der Waals surface area contributed by atoms with Gasteiger partial charge in [-0.2, -0.15) is 0 Å². The lowest BCUT2D eigenvalue weighted by Crippen LogP contribution is -2.29. The molecule has 188 valence electrons. The average Bonchev–Trinajstić information content (AvgIpc) is 3.64. The van der Waals surface area contributed by atoms with Gasteiger partial charge >= 0.3 is 5.97 Å². The van der Waals surface area contributed by atoms with E-state index < -0.39 is 12.1 Å². The number of benzene rings is 1. The Morgan fingerprint density at radius 3 is 2.36 bits per heavy atom. The van der Waals surface area contributed by atoms with Crippen LogP contribution in [-0.2, 0) is 4.74 Å². The fourth-order valence-corrected chi connectivity index (χ4v) is 5.81. The van der Waals surface area contributed by atoms with Gasteiger partial charge in [-0.15, -0.1) is 0 Å². The second-order valence-corrected chi connectivity index (χ2v) is 10.0. The quantitative estimate of drug-likeness (QED) is 0.473. The largest absolute Gasteiger partial charge is 0.459 e. The van der Waals surface area contributed by atoms with Gasteiger partial charge in [0.1, 0.15) is 5.76 Å². The van der Waals surface area contributed by atoms with Crippen LogP contribution in [0.15, 0.2) is 63.5 Å². The molecule has 0 radical (unpaired) electrons. The Bertz CT molecular complexity index is 1260. The van der Waals surface area contributed by atoms with Crippen LogP contribution in [0.5, 0.6) is 0 Å². The molecule has 3 heterocycles. The molecule has 1 aliphatic carbocycles. The number of aryl methyl sites for hydroxylation is 3. The topological polar surface area (TPSA) is 93.1 Å². The summed E-state index contributed by atoms with van der Waals surface area (Å²) in [5.74, 6) is 0.405. The monoisotopic (exact) mass is 489 g/mol. The van der Waals surface area contributed by atoms with E-state index in [0.29, 0.717) is 36.6 Å². The number of allylic oxidation sites excluding steroid dienone is 1. The highest BCUT2D eigenvalue weighted by Crippen LogP contribution is 2.44. The van der Waals surface area contributed by atoms with Gasteiger partial charge < -0.3 is 23.6 Å². The van der Waals surface area contributed by atoms with Gasteiger partial charge in [0.05, 0.1) is 18.6 Å².